The maximum Gasteiger partial charge on any atom is 0.0998 e. The van der Waals surface area contributed by atoms with Gasteiger partial charge in [-0.3, -0.25) is 4.98 Å². The molecule has 0 saturated carbocycles. The topological polar surface area (TPSA) is 37.8 Å². The van der Waals surface area contributed by atoms with Gasteiger partial charge in [-0.05, 0) is 31.5 Å². The molecule has 4 heteroatoms. The molecule has 3 nitrogen and oxygen atoms in total. The van der Waals surface area contributed by atoms with Crippen molar-refractivity contribution in [3.05, 3.63) is 34.8 Å². The zero-order valence-corrected chi connectivity index (χ0v) is 11.1. The van der Waals surface area contributed by atoms with E-state index in [9.17, 15) is 0 Å². The molecule has 0 spiro atoms. The molecule has 1 fully saturated rings. The van der Waals surface area contributed by atoms with Gasteiger partial charge in [-0.2, -0.15) is 0 Å². The van der Waals surface area contributed by atoms with Crippen LogP contribution in [0.3, 0.4) is 0 Å². The maximum atomic E-state index is 4.69. The van der Waals surface area contributed by atoms with E-state index >= 15 is 0 Å². The average Bonchev–Trinajstić information content (AvgIpc) is 2.89. The first kappa shape index (κ1) is 11.8. The van der Waals surface area contributed by atoms with Crippen LogP contribution in [0.2, 0.25) is 0 Å². The monoisotopic (exact) mass is 259 g/mol. The Labute approximate surface area is 111 Å². The molecular formula is C14H17N3S. The molecule has 0 amide bonds. The molecule has 1 aliphatic rings. The van der Waals surface area contributed by atoms with Gasteiger partial charge in [0.15, 0.2) is 0 Å². The Morgan fingerprint density at radius 1 is 1.28 bits per heavy atom. The lowest BCUT2D eigenvalue weighted by molar-refractivity contribution is 0.399. The first-order valence-corrected chi connectivity index (χ1v) is 7.39. The van der Waals surface area contributed by atoms with Crippen molar-refractivity contribution in [2.24, 2.45) is 0 Å². The fourth-order valence-electron chi connectivity index (χ4n) is 2.35. The van der Waals surface area contributed by atoms with E-state index in [4.69, 9.17) is 4.98 Å². The summed E-state index contributed by atoms with van der Waals surface area (Å²) in [5.74, 6) is 0. The molecule has 0 radical (unpaired) electrons. The number of pyridine rings is 1. The van der Waals surface area contributed by atoms with E-state index in [2.05, 4.69) is 15.7 Å². The molecule has 18 heavy (non-hydrogen) atoms. The third kappa shape index (κ3) is 2.76. The van der Waals surface area contributed by atoms with Gasteiger partial charge < -0.3 is 5.32 Å². The van der Waals surface area contributed by atoms with Crippen molar-refractivity contribution in [1.82, 2.24) is 15.3 Å². The van der Waals surface area contributed by atoms with E-state index in [1.165, 1.54) is 24.3 Å². The van der Waals surface area contributed by atoms with Crippen molar-refractivity contribution in [2.45, 2.75) is 31.7 Å². The van der Waals surface area contributed by atoms with Gasteiger partial charge in [-0.25, -0.2) is 4.98 Å². The van der Waals surface area contributed by atoms with Crippen molar-refractivity contribution in [1.29, 1.82) is 0 Å². The largest absolute Gasteiger partial charge is 0.314 e. The van der Waals surface area contributed by atoms with Gasteiger partial charge in [-0.1, -0.05) is 12.5 Å². The third-order valence-corrected chi connectivity index (χ3v) is 4.18. The van der Waals surface area contributed by atoms with E-state index in [0.717, 1.165) is 24.4 Å². The van der Waals surface area contributed by atoms with Crippen LogP contribution in [0.1, 0.15) is 24.3 Å². The molecule has 1 aliphatic heterocycles. The molecule has 2 aromatic rings. The minimum Gasteiger partial charge on any atom is -0.314 e. The summed E-state index contributed by atoms with van der Waals surface area (Å²) in [6, 6.07) is 6.56. The minimum atomic E-state index is 0.612. The van der Waals surface area contributed by atoms with Gasteiger partial charge in [0, 0.05) is 24.0 Å². The molecule has 3 rings (SSSR count). The fraction of sp³-hybridized carbons (Fsp3) is 0.429. The molecule has 0 bridgehead atoms. The Morgan fingerprint density at radius 3 is 3.06 bits per heavy atom. The highest BCUT2D eigenvalue weighted by Crippen LogP contribution is 2.22. The predicted molar refractivity (Wildman–Crippen MR) is 74.7 cm³/mol. The normalized spacial score (nSPS) is 19.9. The Hall–Kier alpha value is -1.26. The summed E-state index contributed by atoms with van der Waals surface area (Å²) in [4.78, 5) is 9.03. The molecule has 1 saturated heterocycles. The van der Waals surface area contributed by atoms with Gasteiger partial charge in [0.2, 0.25) is 0 Å². The molecular weight excluding hydrogens is 242 g/mol. The second kappa shape index (κ2) is 5.59. The summed E-state index contributed by atoms with van der Waals surface area (Å²) in [5, 5.41) is 6.90. The zero-order valence-electron chi connectivity index (χ0n) is 10.3. The lowest BCUT2D eigenvalue weighted by Gasteiger charge is -2.22. The van der Waals surface area contributed by atoms with E-state index in [1.54, 1.807) is 11.3 Å². The van der Waals surface area contributed by atoms with Crippen molar-refractivity contribution >= 4 is 11.3 Å². The van der Waals surface area contributed by atoms with Crippen LogP contribution in [0, 0.1) is 0 Å². The van der Waals surface area contributed by atoms with Crippen LogP contribution in [0.15, 0.2) is 29.8 Å². The fourth-order valence-corrected chi connectivity index (χ4v) is 3.22. The van der Waals surface area contributed by atoms with E-state index in [-0.39, 0.29) is 0 Å². The third-order valence-electron chi connectivity index (χ3n) is 3.31. The van der Waals surface area contributed by atoms with E-state index in [0.29, 0.717) is 6.04 Å². The summed E-state index contributed by atoms with van der Waals surface area (Å²) in [5.41, 5.74) is 1.98. The SMILES string of the molecule is c1ccc(-c2csc(CC3CCCCN3)n2)nc1. The standard InChI is InChI=1S/C14H17N3S/c1-3-7-15-11(5-1)9-14-17-13(10-18-14)12-6-2-4-8-16-12/h2,4,6,8,10-11,15H,1,3,5,7,9H2. The van der Waals surface area contributed by atoms with Crippen LogP contribution in [0.5, 0.6) is 0 Å². The lowest BCUT2D eigenvalue weighted by atomic mass is 10.0. The van der Waals surface area contributed by atoms with Gasteiger partial charge in [0.25, 0.3) is 0 Å². The molecule has 1 atom stereocenters. The van der Waals surface area contributed by atoms with E-state index < -0.39 is 0 Å². The number of hydrogen-bond acceptors (Lipinski definition) is 4. The minimum absolute atomic E-state index is 0.612. The van der Waals surface area contributed by atoms with Gasteiger partial charge in [-0.15, -0.1) is 11.3 Å². The van der Waals surface area contributed by atoms with Gasteiger partial charge in [0.1, 0.15) is 0 Å². The van der Waals surface area contributed by atoms with Crippen molar-refractivity contribution in [3.63, 3.8) is 0 Å². The molecule has 1 unspecified atom stereocenters. The summed E-state index contributed by atoms with van der Waals surface area (Å²) in [6.45, 7) is 1.16. The number of hydrogen-bond donors (Lipinski definition) is 1. The van der Waals surface area contributed by atoms with Crippen LogP contribution in [0.4, 0.5) is 0 Å². The van der Waals surface area contributed by atoms with Gasteiger partial charge >= 0.3 is 0 Å². The first-order chi connectivity index (χ1) is 8.92. The second-order valence-corrected chi connectivity index (χ2v) is 5.64. The highest BCUT2D eigenvalue weighted by Gasteiger charge is 2.15. The summed E-state index contributed by atoms with van der Waals surface area (Å²) in [6.07, 6.45) is 6.80. The number of nitrogens with zero attached hydrogens (tertiary/aromatic N) is 2. The smallest absolute Gasteiger partial charge is 0.0998 e. The Kier molecular flexibility index (Phi) is 3.67. The van der Waals surface area contributed by atoms with Gasteiger partial charge in [0.05, 0.1) is 16.4 Å². The Bertz CT molecular complexity index is 489. The molecule has 3 heterocycles. The number of aromatic nitrogens is 2. The van der Waals surface area contributed by atoms with E-state index in [1.807, 2.05) is 24.4 Å². The van der Waals surface area contributed by atoms with Crippen LogP contribution in [-0.2, 0) is 6.42 Å². The molecule has 94 valence electrons. The van der Waals surface area contributed by atoms with Crippen LogP contribution >= 0.6 is 11.3 Å². The number of nitrogens with one attached hydrogen (secondary N) is 1. The summed E-state index contributed by atoms with van der Waals surface area (Å²) in [7, 11) is 0. The highest BCUT2D eigenvalue weighted by atomic mass is 32.1. The summed E-state index contributed by atoms with van der Waals surface area (Å²) >= 11 is 1.75. The zero-order chi connectivity index (χ0) is 12.2. The number of rotatable bonds is 3. The van der Waals surface area contributed by atoms with Crippen molar-refractivity contribution in [3.8, 4) is 11.4 Å². The quantitative estimate of drug-likeness (QED) is 0.921. The van der Waals surface area contributed by atoms with Crippen LogP contribution in [-0.4, -0.2) is 22.6 Å². The number of thiazole rings is 1. The average molecular weight is 259 g/mol. The van der Waals surface area contributed by atoms with Crippen molar-refractivity contribution in [2.75, 3.05) is 6.54 Å². The Morgan fingerprint density at radius 2 is 2.28 bits per heavy atom. The van der Waals surface area contributed by atoms with Crippen molar-refractivity contribution < 1.29 is 0 Å². The summed E-state index contributed by atoms with van der Waals surface area (Å²) < 4.78 is 0. The number of piperidine rings is 1. The predicted octanol–water partition coefficient (Wildman–Crippen LogP) is 2.89. The highest BCUT2D eigenvalue weighted by molar-refractivity contribution is 7.09. The molecule has 2 aromatic heterocycles. The molecule has 0 aromatic carbocycles. The Balaban J connectivity index is 1.69. The lowest BCUT2D eigenvalue weighted by Crippen LogP contribution is -2.35. The second-order valence-electron chi connectivity index (χ2n) is 4.69. The van der Waals surface area contributed by atoms with Crippen LogP contribution in [0.25, 0.3) is 11.4 Å². The molecule has 1 N–H and O–H groups in total. The van der Waals surface area contributed by atoms with Crippen LogP contribution < -0.4 is 5.32 Å². The maximum absolute atomic E-state index is 4.69. The first-order valence-electron chi connectivity index (χ1n) is 6.51. The molecule has 0 aliphatic carbocycles.